The zero-order valence-corrected chi connectivity index (χ0v) is 26.1. The van der Waals surface area contributed by atoms with Crippen LogP contribution in [0.15, 0.2) is 0 Å². The van der Waals surface area contributed by atoms with Gasteiger partial charge in [0.2, 0.25) is 18.3 Å². The lowest BCUT2D eigenvalue weighted by Crippen LogP contribution is -2.46. The van der Waals surface area contributed by atoms with E-state index in [0.29, 0.717) is 25.7 Å². The molecule has 0 spiro atoms. The van der Waals surface area contributed by atoms with Crippen molar-refractivity contribution in [2.24, 2.45) is 23.7 Å². The Kier molecular flexibility index (Phi) is 18.7. The quantitative estimate of drug-likeness (QED) is 0.0962. The number of carbonyl (C=O) groups is 4. The molecule has 13 heteroatoms. The van der Waals surface area contributed by atoms with E-state index in [9.17, 15) is 39.6 Å². The van der Waals surface area contributed by atoms with E-state index >= 15 is 0 Å². The molecule has 42 heavy (non-hydrogen) atoms. The maximum absolute atomic E-state index is 13.3. The topological polar surface area (TPSA) is 206 Å². The van der Waals surface area contributed by atoms with Crippen LogP contribution in [-0.4, -0.2) is 105 Å². The second kappa shape index (κ2) is 19.8. The minimum atomic E-state index is -1.79. The van der Waals surface area contributed by atoms with Crippen LogP contribution in [0.5, 0.6) is 0 Å². The minimum absolute atomic E-state index is 0.375. The van der Waals surface area contributed by atoms with Gasteiger partial charge in [-0.15, -0.1) is 0 Å². The van der Waals surface area contributed by atoms with Crippen LogP contribution >= 0.6 is 0 Å². The molecule has 0 aliphatic carbocycles. The molecule has 0 rings (SSSR count). The van der Waals surface area contributed by atoms with Gasteiger partial charge >= 0.3 is 23.9 Å². The average molecular weight is 609 g/mol. The Bertz CT molecular complexity index is 834. The van der Waals surface area contributed by atoms with Gasteiger partial charge in [0.15, 0.2) is 6.10 Å². The molecule has 0 heterocycles. The van der Waals surface area contributed by atoms with Crippen molar-refractivity contribution in [3.05, 3.63) is 0 Å². The van der Waals surface area contributed by atoms with E-state index < -0.39 is 103 Å². The first-order valence-corrected chi connectivity index (χ1v) is 14.7. The summed E-state index contributed by atoms with van der Waals surface area (Å²) in [6.07, 6.45) is -9.29. The molecule has 0 bridgehead atoms. The fraction of sp³-hybridized carbons (Fsp3) is 0.862. The number of carbonyl (C=O) groups excluding carboxylic acids is 4. The van der Waals surface area contributed by atoms with Crippen molar-refractivity contribution in [2.45, 2.75) is 124 Å². The molecule has 5 N–H and O–H groups in total. The Balaban J connectivity index is 5.84. The summed E-state index contributed by atoms with van der Waals surface area (Å²) in [7, 11) is 0. The third-order valence-corrected chi connectivity index (χ3v) is 7.70. The van der Waals surface area contributed by atoms with E-state index in [-0.39, 0.29) is 0 Å². The van der Waals surface area contributed by atoms with Gasteiger partial charge in [0, 0.05) is 17.8 Å². The minimum Gasteiger partial charge on any atom is -0.460 e. The summed E-state index contributed by atoms with van der Waals surface area (Å²) in [4.78, 5) is 51.9. The molecule has 0 aromatic carbocycles. The molecule has 13 nitrogen and oxygen atoms in total. The van der Waals surface area contributed by atoms with Crippen molar-refractivity contribution in [3.8, 4) is 0 Å². The molecule has 0 aliphatic heterocycles. The van der Waals surface area contributed by atoms with E-state index in [0.717, 1.165) is 0 Å². The Labute approximate surface area is 248 Å². The standard InChI is InChI=1S/C29H52O13/c1-9-15(5)21(33)26(35)40-24(17(7)11-3)28(37)42-25(18(8)12-4)29(38)41-23(16(6)10-2)27(36)39-14-20(32)22(34)19(31)13-30/h15-25,30-34H,9-14H2,1-8H3/t15-,16-,17-,18-,19+,20+,21+,22-,23+,24+,25+/m0/s1. The Hall–Kier alpha value is -2.32. The summed E-state index contributed by atoms with van der Waals surface area (Å²) < 4.78 is 21.4. The number of ether oxygens (including phenoxy) is 4. The maximum atomic E-state index is 13.3. The molecule has 0 fully saturated rings. The summed E-state index contributed by atoms with van der Waals surface area (Å²) in [6.45, 7) is 12.0. The van der Waals surface area contributed by atoms with E-state index in [1.165, 1.54) is 0 Å². The lowest BCUT2D eigenvalue weighted by Gasteiger charge is -2.29. The molecule has 0 aromatic heterocycles. The highest BCUT2D eigenvalue weighted by atomic mass is 16.6. The van der Waals surface area contributed by atoms with Crippen LogP contribution in [0.2, 0.25) is 0 Å². The predicted octanol–water partition coefficient (Wildman–Crippen LogP) is 0.885. The molecule has 246 valence electrons. The van der Waals surface area contributed by atoms with Crippen molar-refractivity contribution in [1.82, 2.24) is 0 Å². The fourth-order valence-electron chi connectivity index (χ4n) is 3.58. The number of aliphatic hydroxyl groups is 5. The highest BCUT2D eigenvalue weighted by Gasteiger charge is 2.40. The van der Waals surface area contributed by atoms with Gasteiger partial charge in [0.25, 0.3) is 0 Å². The van der Waals surface area contributed by atoms with Gasteiger partial charge in [-0.25, -0.2) is 19.2 Å². The smallest absolute Gasteiger partial charge is 0.348 e. The van der Waals surface area contributed by atoms with Crippen LogP contribution in [0.25, 0.3) is 0 Å². The molecule has 0 aromatic rings. The van der Waals surface area contributed by atoms with Crippen molar-refractivity contribution in [3.63, 3.8) is 0 Å². The molecule has 0 aliphatic rings. The Morgan fingerprint density at radius 1 is 0.548 bits per heavy atom. The second-order valence-corrected chi connectivity index (χ2v) is 11.0. The number of rotatable bonds is 20. The van der Waals surface area contributed by atoms with E-state index in [1.54, 1.807) is 55.4 Å². The predicted molar refractivity (Wildman–Crippen MR) is 150 cm³/mol. The number of esters is 4. The van der Waals surface area contributed by atoms with Crippen LogP contribution in [0.3, 0.4) is 0 Å². The Morgan fingerprint density at radius 2 is 0.905 bits per heavy atom. The summed E-state index contributed by atoms with van der Waals surface area (Å²) in [5, 5.41) is 48.4. The van der Waals surface area contributed by atoms with Crippen molar-refractivity contribution in [1.29, 1.82) is 0 Å². The zero-order valence-electron chi connectivity index (χ0n) is 26.1. The summed E-state index contributed by atoms with van der Waals surface area (Å²) in [5.41, 5.74) is 0. The number of hydrogen-bond acceptors (Lipinski definition) is 13. The van der Waals surface area contributed by atoms with Crippen molar-refractivity contribution in [2.75, 3.05) is 13.2 Å². The van der Waals surface area contributed by atoms with Crippen LogP contribution in [0.4, 0.5) is 0 Å². The normalized spacial score (nSPS) is 19.5. The van der Waals surface area contributed by atoms with Gasteiger partial charge in [-0.2, -0.15) is 0 Å². The van der Waals surface area contributed by atoms with Gasteiger partial charge in [0.05, 0.1) is 6.61 Å². The lowest BCUT2D eigenvalue weighted by molar-refractivity contribution is -0.193. The van der Waals surface area contributed by atoms with Gasteiger partial charge in [-0.05, 0) is 25.2 Å². The number of hydrogen-bond donors (Lipinski definition) is 5. The molecule has 11 atom stereocenters. The first-order chi connectivity index (χ1) is 19.6. The Morgan fingerprint density at radius 3 is 1.26 bits per heavy atom. The molecule has 0 radical (unpaired) electrons. The highest BCUT2D eigenvalue weighted by molar-refractivity contribution is 5.86. The van der Waals surface area contributed by atoms with Gasteiger partial charge in [-0.3, -0.25) is 0 Å². The largest absolute Gasteiger partial charge is 0.460 e. The second-order valence-electron chi connectivity index (χ2n) is 11.0. The molecule has 0 saturated carbocycles. The molecular formula is C29H52O13. The summed E-state index contributed by atoms with van der Waals surface area (Å²) in [6, 6.07) is 0. The van der Waals surface area contributed by atoms with Gasteiger partial charge in [-0.1, -0.05) is 61.8 Å². The van der Waals surface area contributed by atoms with E-state index in [2.05, 4.69) is 0 Å². The van der Waals surface area contributed by atoms with Crippen LogP contribution in [0.1, 0.15) is 81.1 Å². The summed E-state index contributed by atoms with van der Waals surface area (Å²) >= 11 is 0. The van der Waals surface area contributed by atoms with Gasteiger partial charge in [0.1, 0.15) is 24.9 Å². The van der Waals surface area contributed by atoms with Crippen LogP contribution in [-0.2, 0) is 38.1 Å². The molecular weight excluding hydrogens is 556 g/mol. The first-order valence-electron chi connectivity index (χ1n) is 14.7. The highest BCUT2D eigenvalue weighted by Crippen LogP contribution is 2.23. The SMILES string of the molecule is CC[C@H](C)[C@@H](O)C(=O)O[C@@H](C(=O)O[C@@H](C(=O)O[C@@H](C(=O)OC[C@@H](O)[C@@H](O)[C@H](O)CO)[C@@H](C)CC)[C@@H](C)CC)[C@@H](C)CC. The van der Waals surface area contributed by atoms with E-state index in [1.807, 2.05) is 0 Å². The van der Waals surface area contributed by atoms with Gasteiger partial charge < -0.3 is 44.5 Å². The zero-order chi connectivity index (χ0) is 32.7. The van der Waals surface area contributed by atoms with Crippen LogP contribution < -0.4 is 0 Å². The molecule has 0 amide bonds. The molecule has 0 saturated heterocycles. The molecule has 0 unspecified atom stereocenters. The fourth-order valence-corrected chi connectivity index (χ4v) is 3.58. The number of aliphatic hydroxyl groups excluding tert-OH is 5. The third-order valence-electron chi connectivity index (χ3n) is 7.70. The van der Waals surface area contributed by atoms with Crippen LogP contribution in [0, 0.1) is 23.7 Å². The van der Waals surface area contributed by atoms with E-state index in [4.69, 9.17) is 24.1 Å². The van der Waals surface area contributed by atoms with Crippen molar-refractivity contribution < 1.29 is 63.7 Å². The monoisotopic (exact) mass is 608 g/mol. The third kappa shape index (κ3) is 12.1. The van der Waals surface area contributed by atoms with Crippen molar-refractivity contribution >= 4 is 23.9 Å². The lowest BCUT2D eigenvalue weighted by atomic mass is 9.98. The maximum Gasteiger partial charge on any atom is 0.348 e. The average Bonchev–Trinajstić information content (AvgIpc) is 3.00. The first kappa shape index (κ1) is 39.7. The summed E-state index contributed by atoms with van der Waals surface area (Å²) in [5.74, 6) is -6.09.